The van der Waals surface area contributed by atoms with Crippen LogP contribution in [0, 0.1) is 10.1 Å². The molecule has 0 unspecified atom stereocenters. The fourth-order valence-electron chi connectivity index (χ4n) is 1.88. The van der Waals surface area contributed by atoms with Crippen molar-refractivity contribution in [3.8, 4) is 11.5 Å². The SMILES string of the molecule is CC(C)(C)Nc1cc(Oc2ccc(Cl)cc2)ccc1[N+](=O)[O-].O=[PH](O)O. The van der Waals surface area contributed by atoms with Crippen LogP contribution in [-0.2, 0) is 4.57 Å². The molecule has 0 saturated carbocycles. The standard InChI is InChI=1S/C16H17ClN2O3.H3O3P/c1-16(2,3)18-14-10-13(8-9-15(14)19(20)21)22-12-6-4-11(17)5-7-12;1-4(2)3/h4-10,18H,1-3H3;4H,(H2,1,2,3). The highest BCUT2D eigenvalue weighted by atomic mass is 35.5. The number of nitrogens with one attached hydrogen (secondary N) is 1. The molecule has 0 bridgehead atoms. The lowest BCUT2D eigenvalue weighted by atomic mass is 10.1. The molecule has 0 aromatic heterocycles. The molecule has 3 N–H and O–H groups in total. The van der Waals surface area contributed by atoms with E-state index in [1.54, 1.807) is 36.4 Å². The second kappa shape index (κ2) is 9.54. The molecule has 0 aliphatic heterocycles. The maximum absolute atomic E-state index is 11.1. The van der Waals surface area contributed by atoms with Gasteiger partial charge in [-0.2, -0.15) is 0 Å². The molecule has 8 nitrogen and oxygen atoms in total. The maximum Gasteiger partial charge on any atom is 0.314 e. The van der Waals surface area contributed by atoms with Crippen LogP contribution in [0.4, 0.5) is 11.4 Å². The quantitative estimate of drug-likeness (QED) is 0.387. The van der Waals surface area contributed by atoms with Crippen molar-refractivity contribution in [2.75, 3.05) is 5.32 Å². The van der Waals surface area contributed by atoms with Crippen LogP contribution in [0.15, 0.2) is 42.5 Å². The lowest BCUT2D eigenvalue weighted by Crippen LogP contribution is -2.26. The van der Waals surface area contributed by atoms with Gasteiger partial charge in [-0.3, -0.25) is 14.7 Å². The third-order valence-corrected chi connectivity index (χ3v) is 2.98. The van der Waals surface area contributed by atoms with E-state index in [1.165, 1.54) is 6.07 Å². The number of anilines is 1. The van der Waals surface area contributed by atoms with Crippen molar-refractivity contribution in [3.05, 3.63) is 57.6 Å². The van der Waals surface area contributed by atoms with E-state index < -0.39 is 13.2 Å². The summed E-state index contributed by atoms with van der Waals surface area (Å²) >= 11 is 5.83. The summed E-state index contributed by atoms with van der Waals surface area (Å²) in [5.41, 5.74) is 0.131. The summed E-state index contributed by atoms with van der Waals surface area (Å²) in [5, 5.41) is 14.9. The van der Waals surface area contributed by atoms with E-state index in [2.05, 4.69) is 5.32 Å². The van der Waals surface area contributed by atoms with Gasteiger partial charge in [0.05, 0.1) is 4.92 Å². The van der Waals surface area contributed by atoms with Crippen LogP contribution in [0.2, 0.25) is 5.02 Å². The molecule has 0 aliphatic carbocycles. The first-order valence-electron chi connectivity index (χ1n) is 7.40. The van der Waals surface area contributed by atoms with Crippen molar-refractivity contribution >= 4 is 31.2 Å². The topological polar surface area (TPSA) is 122 Å². The summed E-state index contributed by atoms with van der Waals surface area (Å²) in [6.07, 6.45) is 0. The molecule has 10 heteroatoms. The Kier molecular flexibility index (Phi) is 8.05. The van der Waals surface area contributed by atoms with Gasteiger partial charge in [-0.25, -0.2) is 0 Å². The zero-order chi connectivity index (χ0) is 19.9. The van der Waals surface area contributed by atoms with Crippen LogP contribution >= 0.6 is 19.9 Å². The Morgan fingerprint density at radius 2 is 1.62 bits per heavy atom. The van der Waals surface area contributed by atoms with Gasteiger partial charge in [-0.1, -0.05) is 11.6 Å². The Morgan fingerprint density at radius 1 is 1.12 bits per heavy atom. The molecule has 0 spiro atoms. The lowest BCUT2D eigenvalue weighted by molar-refractivity contribution is -0.384. The summed E-state index contributed by atoms with van der Waals surface area (Å²) in [7, 11) is -3.13. The first kappa shape index (κ1) is 21.9. The first-order chi connectivity index (χ1) is 12.0. The Hall–Kier alpha value is -2.12. The number of ether oxygens (including phenoxy) is 1. The summed E-state index contributed by atoms with van der Waals surface area (Å²) in [4.78, 5) is 25.0. The van der Waals surface area contributed by atoms with E-state index in [0.29, 0.717) is 22.2 Å². The monoisotopic (exact) mass is 402 g/mol. The second-order valence-electron chi connectivity index (χ2n) is 6.15. The second-order valence-corrected chi connectivity index (χ2v) is 7.15. The molecular formula is C16H20ClN2O6P. The van der Waals surface area contributed by atoms with E-state index in [4.69, 9.17) is 30.7 Å². The summed E-state index contributed by atoms with van der Waals surface area (Å²) in [5.74, 6) is 1.12. The Balaban J connectivity index is 0.000000765. The van der Waals surface area contributed by atoms with Crippen molar-refractivity contribution in [2.24, 2.45) is 0 Å². The van der Waals surface area contributed by atoms with Crippen molar-refractivity contribution in [2.45, 2.75) is 26.3 Å². The molecule has 0 amide bonds. The third-order valence-electron chi connectivity index (χ3n) is 2.72. The zero-order valence-electron chi connectivity index (χ0n) is 14.4. The molecule has 0 heterocycles. The largest absolute Gasteiger partial charge is 0.457 e. The van der Waals surface area contributed by atoms with Gasteiger partial charge in [-0.15, -0.1) is 0 Å². The van der Waals surface area contributed by atoms with E-state index in [0.717, 1.165) is 0 Å². The highest BCUT2D eigenvalue weighted by Gasteiger charge is 2.19. The number of rotatable bonds is 4. The average Bonchev–Trinajstić information content (AvgIpc) is 2.47. The molecule has 0 atom stereocenters. The molecular weight excluding hydrogens is 383 g/mol. The molecule has 2 rings (SSSR count). The normalized spacial score (nSPS) is 10.7. The molecule has 2 aromatic rings. The van der Waals surface area contributed by atoms with Crippen LogP contribution in [0.25, 0.3) is 0 Å². The highest BCUT2D eigenvalue weighted by Crippen LogP contribution is 2.33. The number of nitro groups is 1. The minimum absolute atomic E-state index is 0.0124. The fourth-order valence-corrected chi connectivity index (χ4v) is 2.01. The molecule has 0 aliphatic rings. The van der Waals surface area contributed by atoms with Gasteiger partial charge in [0, 0.05) is 22.7 Å². The first-order valence-corrected chi connectivity index (χ1v) is 9.08. The smallest absolute Gasteiger partial charge is 0.314 e. The molecule has 0 saturated heterocycles. The number of benzene rings is 2. The summed E-state index contributed by atoms with van der Waals surface area (Å²) in [6, 6.07) is 11.5. The number of halogens is 1. The van der Waals surface area contributed by atoms with Gasteiger partial charge in [0.1, 0.15) is 17.2 Å². The highest BCUT2D eigenvalue weighted by molar-refractivity contribution is 7.30. The summed E-state index contributed by atoms with van der Waals surface area (Å²) in [6.45, 7) is 5.80. The zero-order valence-corrected chi connectivity index (χ0v) is 16.1. The minimum atomic E-state index is -3.13. The number of hydrogen-bond acceptors (Lipinski definition) is 5. The van der Waals surface area contributed by atoms with Crippen molar-refractivity contribution in [1.29, 1.82) is 0 Å². The van der Waals surface area contributed by atoms with Gasteiger partial charge in [0.2, 0.25) is 0 Å². The van der Waals surface area contributed by atoms with Gasteiger partial charge >= 0.3 is 8.25 Å². The van der Waals surface area contributed by atoms with Gasteiger partial charge < -0.3 is 19.8 Å². The number of hydrogen-bond donors (Lipinski definition) is 3. The molecule has 2 aromatic carbocycles. The van der Waals surface area contributed by atoms with E-state index in [1.807, 2.05) is 20.8 Å². The van der Waals surface area contributed by atoms with E-state index >= 15 is 0 Å². The van der Waals surface area contributed by atoms with E-state index in [-0.39, 0.29) is 11.2 Å². The average molecular weight is 403 g/mol. The van der Waals surface area contributed by atoms with Crippen LogP contribution in [0.3, 0.4) is 0 Å². The van der Waals surface area contributed by atoms with Gasteiger partial charge in [0.15, 0.2) is 0 Å². The van der Waals surface area contributed by atoms with Gasteiger partial charge in [0.25, 0.3) is 5.69 Å². The Labute approximate surface area is 156 Å². The Morgan fingerprint density at radius 3 is 2.08 bits per heavy atom. The minimum Gasteiger partial charge on any atom is -0.457 e. The lowest BCUT2D eigenvalue weighted by Gasteiger charge is -2.22. The third kappa shape index (κ3) is 8.31. The fraction of sp³-hybridized carbons (Fsp3) is 0.250. The van der Waals surface area contributed by atoms with Crippen LogP contribution in [0.5, 0.6) is 11.5 Å². The van der Waals surface area contributed by atoms with E-state index in [9.17, 15) is 10.1 Å². The maximum atomic E-state index is 11.1. The number of nitrogens with zero attached hydrogens (tertiary/aromatic N) is 1. The van der Waals surface area contributed by atoms with Crippen LogP contribution in [0.1, 0.15) is 20.8 Å². The predicted molar refractivity (Wildman–Crippen MR) is 101 cm³/mol. The molecule has 26 heavy (non-hydrogen) atoms. The van der Waals surface area contributed by atoms with Crippen molar-refractivity contribution in [3.63, 3.8) is 0 Å². The van der Waals surface area contributed by atoms with Crippen molar-refractivity contribution in [1.82, 2.24) is 0 Å². The van der Waals surface area contributed by atoms with Gasteiger partial charge in [-0.05, 0) is 51.1 Å². The molecule has 0 radical (unpaired) electrons. The van der Waals surface area contributed by atoms with Crippen LogP contribution in [-0.4, -0.2) is 20.2 Å². The Bertz CT molecular complexity index is 773. The number of nitro benzene ring substituents is 1. The summed E-state index contributed by atoms with van der Waals surface area (Å²) < 4.78 is 14.4. The van der Waals surface area contributed by atoms with Crippen LogP contribution < -0.4 is 10.1 Å². The molecule has 0 fully saturated rings. The van der Waals surface area contributed by atoms with Crippen molar-refractivity contribution < 1.29 is 24.0 Å². The molecule has 142 valence electrons. The predicted octanol–water partition coefficient (Wildman–Crippen LogP) is 4.61.